The zero-order chi connectivity index (χ0) is 23.3. The molecule has 6 aromatic rings. The van der Waals surface area contributed by atoms with Crippen LogP contribution in [0.4, 0.5) is 13.2 Å². The summed E-state index contributed by atoms with van der Waals surface area (Å²) in [5.41, 5.74) is 2.55. The Morgan fingerprint density at radius 2 is 1.26 bits per heavy atom. The molecule has 0 fully saturated rings. The van der Waals surface area contributed by atoms with E-state index in [0.717, 1.165) is 32.7 Å². The Hall–Kier alpha value is -4.18. The number of alkyl halides is 3. The number of hydrogen-bond donors (Lipinski definition) is 0. The van der Waals surface area contributed by atoms with E-state index in [4.69, 9.17) is 0 Å². The Kier molecular flexibility index (Phi) is 4.63. The van der Waals surface area contributed by atoms with Crippen molar-refractivity contribution in [3.05, 3.63) is 115 Å². The summed E-state index contributed by atoms with van der Waals surface area (Å²) in [5, 5.41) is 4.62. The van der Waals surface area contributed by atoms with Crippen LogP contribution in [0.3, 0.4) is 0 Å². The summed E-state index contributed by atoms with van der Waals surface area (Å²) in [7, 11) is 0. The molecule has 0 aliphatic carbocycles. The molecule has 5 aromatic carbocycles. The van der Waals surface area contributed by atoms with Gasteiger partial charge in [0.15, 0.2) is 0 Å². The van der Waals surface area contributed by atoms with Crippen LogP contribution in [0.2, 0.25) is 0 Å². The van der Waals surface area contributed by atoms with Gasteiger partial charge in [0.1, 0.15) is 0 Å². The van der Waals surface area contributed by atoms with Crippen molar-refractivity contribution in [1.82, 2.24) is 4.98 Å². The maximum atomic E-state index is 13.9. The summed E-state index contributed by atoms with van der Waals surface area (Å²) in [6.07, 6.45) is -2.79. The summed E-state index contributed by atoms with van der Waals surface area (Å²) < 4.78 is 41.8. The molecule has 6 rings (SSSR count). The SMILES string of the molecule is FC(F)(F)c1cc(-c2nccc3c2ccc2ccc(-c4ccccc4)cc23)cc2ccccc12. The molecule has 164 valence electrons. The molecular weight excluding hydrogens is 431 g/mol. The highest BCUT2D eigenvalue weighted by atomic mass is 19.4. The lowest BCUT2D eigenvalue weighted by Crippen LogP contribution is -2.06. The van der Waals surface area contributed by atoms with Crippen molar-refractivity contribution in [3.8, 4) is 22.4 Å². The lowest BCUT2D eigenvalue weighted by Gasteiger charge is -2.15. The fraction of sp³-hybridized carbons (Fsp3) is 0.0333. The molecule has 0 aliphatic heterocycles. The van der Waals surface area contributed by atoms with Crippen molar-refractivity contribution < 1.29 is 13.2 Å². The molecule has 0 atom stereocenters. The van der Waals surface area contributed by atoms with E-state index in [9.17, 15) is 13.2 Å². The van der Waals surface area contributed by atoms with E-state index in [0.29, 0.717) is 16.6 Å². The number of aromatic nitrogens is 1. The molecule has 0 aliphatic rings. The predicted octanol–water partition coefficient (Wildman–Crippen LogP) is 8.89. The molecule has 0 saturated heterocycles. The molecule has 1 aromatic heterocycles. The third kappa shape index (κ3) is 3.39. The molecule has 0 unspecified atom stereocenters. The largest absolute Gasteiger partial charge is 0.417 e. The van der Waals surface area contributed by atoms with Crippen molar-refractivity contribution in [2.45, 2.75) is 6.18 Å². The number of pyridine rings is 1. The standard InChI is InChI=1S/C30H18F3N/c31-30(32,33)28-18-23(16-22-8-4-5-9-24(22)28)29-26-13-12-20-10-11-21(19-6-2-1-3-7-19)17-27(20)25(26)14-15-34-29/h1-18H. The minimum absolute atomic E-state index is 0.192. The molecule has 1 nitrogen and oxygen atoms in total. The van der Waals surface area contributed by atoms with Gasteiger partial charge in [-0.25, -0.2) is 0 Å². The van der Waals surface area contributed by atoms with Crippen LogP contribution in [0.25, 0.3) is 54.7 Å². The Morgan fingerprint density at radius 3 is 2.09 bits per heavy atom. The smallest absolute Gasteiger partial charge is 0.256 e. The van der Waals surface area contributed by atoms with E-state index in [1.807, 2.05) is 36.4 Å². The second kappa shape index (κ2) is 7.70. The lowest BCUT2D eigenvalue weighted by molar-refractivity contribution is -0.136. The summed E-state index contributed by atoms with van der Waals surface area (Å²) in [6.45, 7) is 0. The second-order valence-corrected chi connectivity index (χ2v) is 8.36. The Labute approximate surface area is 194 Å². The van der Waals surface area contributed by atoms with Gasteiger partial charge in [0.05, 0.1) is 11.3 Å². The monoisotopic (exact) mass is 449 g/mol. The highest BCUT2D eigenvalue weighted by Gasteiger charge is 2.33. The molecular formula is C30H18F3N. The maximum Gasteiger partial charge on any atom is 0.417 e. The minimum Gasteiger partial charge on any atom is -0.256 e. The number of fused-ring (bicyclic) bond motifs is 4. The lowest BCUT2D eigenvalue weighted by atomic mass is 9.94. The Bertz CT molecular complexity index is 1690. The van der Waals surface area contributed by atoms with E-state index in [2.05, 4.69) is 35.3 Å². The zero-order valence-electron chi connectivity index (χ0n) is 18.0. The molecule has 0 saturated carbocycles. The summed E-state index contributed by atoms with van der Waals surface area (Å²) in [5.74, 6) is 0. The van der Waals surface area contributed by atoms with Crippen LogP contribution in [0.15, 0.2) is 109 Å². The molecule has 0 N–H and O–H groups in total. The summed E-state index contributed by atoms with van der Waals surface area (Å²) in [6, 6.07) is 31.9. The number of nitrogens with zero attached hydrogens (tertiary/aromatic N) is 1. The van der Waals surface area contributed by atoms with Gasteiger partial charge in [-0.05, 0) is 62.3 Å². The average Bonchev–Trinajstić information content (AvgIpc) is 2.87. The van der Waals surface area contributed by atoms with Gasteiger partial charge >= 0.3 is 6.18 Å². The third-order valence-corrected chi connectivity index (χ3v) is 6.31. The molecule has 0 spiro atoms. The third-order valence-electron chi connectivity index (χ3n) is 6.31. The highest BCUT2D eigenvalue weighted by molar-refractivity contribution is 6.12. The van der Waals surface area contributed by atoms with Gasteiger partial charge in [-0.3, -0.25) is 4.98 Å². The zero-order valence-corrected chi connectivity index (χ0v) is 18.0. The van der Waals surface area contributed by atoms with Crippen LogP contribution < -0.4 is 0 Å². The quantitative estimate of drug-likeness (QED) is 0.241. The molecule has 4 heteroatoms. The van der Waals surface area contributed by atoms with Crippen molar-refractivity contribution in [2.75, 3.05) is 0 Å². The Balaban J connectivity index is 1.62. The van der Waals surface area contributed by atoms with Crippen LogP contribution in [0.5, 0.6) is 0 Å². The van der Waals surface area contributed by atoms with Gasteiger partial charge < -0.3 is 0 Å². The first-order valence-electron chi connectivity index (χ1n) is 11.0. The fourth-order valence-electron chi connectivity index (χ4n) is 4.71. The van der Waals surface area contributed by atoms with Crippen LogP contribution in [0, 0.1) is 0 Å². The molecule has 0 bridgehead atoms. The molecule has 1 heterocycles. The highest BCUT2D eigenvalue weighted by Crippen LogP contribution is 2.40. The van der Waals surface area contributed by atoms with Crippen molar-refractivity contribution in [1.29, 1.82) is 0 Å². The van der Waals surface area contributed by atoms with E-state index in [1.54, 1.807) is 30.5 Å². The van der Waals surface area contributed by atoms with Gasteiger partial charge in [-0.1, -0.05) is 78.9 Å². The van der Waals surface area contributed by atoms with Crippen LogP contribution in [-0.4, -0.2) is 4.98 Å². The summed E-state index contributed by atoms with van der Waals surface area (Å²) >= 11 is 0. The van der Waals surface area contributed by atoms with Crippen LogP contribution in [0.1, 0.15) is 5.56 Å². The average molecular weight is 449 g/mol. The molecule has 0 amide bonds. The number of rotatable bonds is 2. The Morgan fingerprint density at radius 1 is 0.500 bits per heavy atom. The number of benzene rings is 5. The van der Waals surface area contributed by atoms with Crippen LogP contribution >= 0.6 is 0 Å². The maximum absolute atomic E-state index is 13.9. The topological polar surface area (TPSA) is 12.9 Å². The first kappa shape index (κ1) is 20.4. The number of hydrogen-bond acceptors (Lipinski definition) is 1. The van der Waals surface area contributed by atoms with E-state index >= 15 is 0 Å². The first-order chi connectivity index (χ1) is 16.5. The van der Waals surface area contributed by atoms with Crippen molar-refractivity contribution in [2.24, 2.45) is 0 Å². The second-order valence-electron chi connectivity index (χ2n) is 8.36. The van der Waals surface area contributed by atoms with Crippen LogP contribution in [-0.2, 0) is 6.18 Å². The predicted molar refractivity (Wildman–Crippen MR) is 133 cm³/mol. The molecule has 0 radical (unpaired) electrons. The normalized spacial score (nSPS) is 12.0. The van der Waals surface area contributed by atoms with E-state index in [1.165, 1.54) is 12.1 Å². The van der Waals surface area contributed by atoms with Gasteiger partial charge in [-0.15, -0.1) is 0 Å². The van der Waals surface area contributed by atoms with Crippen molar-refractivity contribution >= 4 is 32.3 Å². The number of halogens is 3. The van der Waals surface area contributed by atoms with Crippen molar-refractivity contribution in [3.63, 3.8) is 0 Å². The van der Waals surface area contributed by atoms with Gasteiger partial charge in [0.25, 0.3) is 0 Å². The van der Waals surface area contributed by atoms with Gasteiger partial charge in [-0.2, -0.15) is 13.2 Å². The summed E-state index contributed by atoms with van der Waals surface area (Å²) in [4.78, 5) is 4.53. The molecule has 34 heavy (non-hydrogen) atoms. The first-order valence-corrected chi connectivity index (χ1v) is 11.0. The van der Waals surface area contributed by atoms with Gasteiger partial charge in [0.2, 0.25) is 0 Å². The van der Waals surface area contributed by atoms with E-state index in [-0.39, 0.29) is 5.39 Å². The van der Waals surface area contributed by atoms with E-state index < -0.39 is 11.7 Å². The minimum atomic E-state index is -4.46. The van der Waals surface area contributed by atoms with Gasteiger partial charge in [0, 0.05) is 17.1 Å². The fourth-order valence-corrected chi connectivity index (χ4v) is 4.71.